The zero-order valence-electron chi connectivity index (χ0n) is 12.5. The van der Waals surface area contributed by atoms with Crippen molar-refractivity contribution in [1.29, 1.82) is 0 Å². The highest BCUT2D eigenvalue weighted by molar-refractivity contribution is 5.86. The van der Waals surface area contributed by atoms with Gasteiger partial charge in [0.05, 0.1) is 5.54 Å². The average Bonchev–Trinajstić information content (AvgIpc) is 2.84. The smallest absolute Gasteiger partial charge is 0.240 e. The minimum absolute atomic E-state index is 0.0756. The molecule has 0 aromatic rings. The number of piperidine rings is 1. The molecule has 0 spiro atoms. The van der Waals surface area contributed by atoms with Crippen molar-refractivity contribution in [3.8, 4) is 0 Å². The third-order valence-electron chi connectivity index (χ3n) is 4.78. The molecule has 0 radical (unpaired) electrons. The molecule has 1 saturated heterocycles. The van der Waals surface area contributed by atoms with Crippen molar-refractivity contribution in [1.82, 2.24) is 10.2 Å². The van der Waals surface area contributed by atoms with Crippen LogP contribution in [-0.2, 0) is 4.79 Å². The zero-order valence-corrected chi connectivity index (χ0v) is 12.5. The van der Waals surface area contributed by atoms with E-state index < -0.39 is 5.54 Å². The molecule has 0 aromatic heterocycles. The Morgan fingerprint density at radius 3 is 2.68 bits per heavy atom. The molecule has 19 heavy (non-hydrogen) atoms. The van der Waals surface area contributed by atoms with E-state index in [1.165, 1.54) is 19.4 Å². The Balaban J connectivity index is 1.77. The van der Waals surface area contributed by atoms with Crippen molar-refractivity contribution in [3.05, 3.63) is 0 Å². The molecule has 3 N–H and O–H groups in total. The fraction of sp³-hybridized carbons (Fsp3) is 0.933. The van der Waals surface area contributed by atoms with Crippen LogP contribution in [-0.4, -0.2) is 42.0 Å². The predicted octanol–water partition coefficient (Wildman–Crippen LogP) is 1.49. The number of carbonyl (C=O) groups is 1. The van der Waals surface area contributed by atoms with Crippen molar-refractivity contribution >= 4 is 5.91 Å². The van der Waals surface area contributed by atoms with Crippen molar-refractivity contribution in [2.75, 3.05) is 19.6 Å². The van der Waals surface area contributed by atoms with E-state index in [-0.39, 0.29) is 5.91 Å². The quantitative estimate of drug-likeness (QED) is 0.811. The molecule has 1 amide bonds. The number of nitrogens with two attached hydrogens (primary N) is 1. The van der Waals surface area contributed by atoms with Gasteiger partial charge in [-0.05, 0) is 52.0 Å². The molecule has 1 heterocycles. The highest BCUT2D eigenvalue weighted by atomic mass is 16.2. The van der Waals surface area contributed by atoms with Crippen molar-refractivity contribution in [2.24, 2.45) is 11.7 Å². The van der Waals surface area contributed by atoms with Gasteiger partial charge in [0.15, 0.2) is 0 Å². The molecule has 2 rings (SSSR count). The van der Waals surface area contributed by atoms with Gasteiger partial charge < -0.3 is 16.0 Å². The standard InChI is InChI=1S/C15H29N3O/c1-12(2)18-9-5-6-13(11-18)10-17-14(19)15(16)7-3-4-8-15/h12-13H,3-11,16H2,1-2H3,(H,17,19). The van der Waals surface area contributed by atoms with Gasteiger partial charge in [0, 0.05) is 19.1 Å². The Kier molecular flexibility index (Phi) is 4.85. The fourth-order valence-corrected chi connectivity index (χ4v) is 3.38. The van der Waals surface area contributed by atoms with Gasteiger partial charge in [0.25, 0.3) is 0 Å². The first-order chi connectivity index (χ1) is 9.01. The van der Waals surface area contributed by atoms with E-state index in [1.54, 1.807) is 0 Å². The minimum Gasteiger partial charge on any atom is -0.354 e. The summed E-state index contributed by atoms with van der Waals surface area (Å²) in [5.74, 6) is 0.664. The Hall–Kier alpha value is -0.610. The van der Waals surface area contributed by atoms with E-state index in [4.69, 9.17) is 5.73 Å². The Morgan fingerprint density at radius 1 is 1.37 bits per heavy atom. The fourth-order valence-electron chi connectivity index (χ4n) is 3.38. The number of carbonyl (C=O) groups excluding carboxylic acids is 1. The number of hydrogen-bond donors (Lipinski definition) is 2. The van der Waals surface area contributed by atoms with E-state index in [9.17, 15) is 4.79 Å². The number of nitrogens with zero attached hydrogens (tertiary/aromatic N) is 1. The van der Waals surface area contributed by atoms with Crippen molar-refractivity contribution in [2.45, 2.75) is 64.0 Å². The van der Waals surface area contributed by atoms with Gasteiger partial charge in [-0.25, -0.2) is 0 Å². The lowest BCUT2D eigenvalue weighted by molar-refractivity contribution is -0.126. The number of hydrogen-bond acceptors (Lipinski definition) is 3. The maximum absolute atomic E-state index is 12.2. The van der Waals surface area contributed by atoms with E-state index >= 15 is 0 Å². The molecule has 1 atom stereocenters. The van der Waals surface area contributed by atoms with E-state index in [0.717, 1.165) is 38.8 Å². The maximum atomic E-state index is 12.2. The molecule has 4 nitrogen and oxygen atoms in total. The van der Waals surface area contributed by atoms with E-state index in [2.05, 4.69) is 24.1 Å². The third-order valence-corrected chi connectivity index (χ3v) is 4.78. The molecule has 0 bridgehead atoms. The maximum Gasteiger partial charge on any atom is 0.240 e. The summed E-state index contributed by atoms with van der Waals surface area (Å²) in [6.45, 7) is 7.59. The van der Waals surface area contributed by atoms with Gasteiger partial charge in [-0.2, -0.15) is 0 Å². The summed E-state index contributed by atoms with van der Waals surface area (Å²) >= 11 is 0. The first kappa shape index (κ1) is 14.8. The van der Waals surface area contributed by atoms with Gasteiger partial charge in [-0.1, -0.05) is 12.8 Å². The van der Waals surface area contributed by atoms with Crippen molar-refractivity contribution < 1.29 is 4.79 Å². The average molecular weight is 267 g/mol. The van der Waals surface area contributed by atoms with Crippen LogP contribution >= 0.6 is 0 Å². The minimum atomic E-state index is -0.577. The lowest BCUT2D eigenvalue weighted by atomic mass is 9.95. The summed E-state index contributed by atoms with van der Waals surface area (Å²) in [7, 11) is 0. The van der Waals surface area contributed by atoms with Gasteiger partial charge in [-0.3, -0.25) is 4.79 Å². The summed E-state index contributed by atoms with van der Waals surface area (Å²) in [6.07, 6.45) is 6.35. The molecule has 1 aliphatic heterocycles. The third kappa shape index (κ3) is 3.69. The number of likely N-dealkylation sites (tertiary alicyclic amines) is 1. The molecule has 110 valence electrons. The van der Waals surface area contributed by atoms with Gasteiger partial charge in [-0.15, -0.1) is 0 Å². The summed E-state index contributed by atoms with van der Waals surface area (Å²) in [4.78, 5) is 14.7. The zero-order chi connectivity index (χ0) is 13.9. The molecule has 1 aliphatic carbocycles. The first-order valence-corrected chi connectivity index (χ1v) is 7.82. The second-order valence-electron chi connectivity index (χ2n) is 6.67. The second-order valence-corrected chi connectivity index (χ2v) is 6.67. The van der Waals surface area contributed by atoms with Crippen LogP contribution in [0.1, 0.15) is 52.4 Å². The monoisotopic (exact) mass is 267 g/mol. The lowest BCUT2D eigenvalue weighted by Gasteiger charge is -2.36. The number of amides is 1. The normalized spacial score (nSPS) is 27.7. The highest BCUT2D eigenvalue weighted by Gasteiger charge is 2.37. The molecular weight excluding hydrogens is 238 g/mol. The topological polar surface area (TPSA) is 58.4 Å². The van der Waals surface area contributed by atoms with Crippen LogP contribution in [0.5, 0.6) is 0 Å². The predicted molar refractivity (Wildman–Crippen MR) is 77.8 cm³/mol. The summed E-state index contributed by atoms with van der Waals surface area (Å²) in [5.41, 5.74) is 5.59. The van der Waals surface area contributed by atoms with Crippen LogP contribution in [0.25, 0.3) is 0 Å². The molecular formula is C15H29N3O. The largest absolute Gasteiger partial charge is 0.354 e. The van der Waals surface area contributed by atoms with Crippen LogP contribution in [0.15, 0.2) is 0 Å². The number of rotatable bonds is 4. The first-order valence-electron chi connectivity index (χ1n) is 7.82. The summed E-state index contributed by atoms with van der Waals surface area (Å²) in [6, 6.07) is 0.606. The summed E-state index contributed by atoms with van der Waals surface area (Å²) < 4.78 is 0. The van der Waals surface area contributed by atoms with Gasteiger partial charge >= 0.3 is 0 Å². The van der Waals surface area contributed by atoms with Crippen LogP contribution in [0.4, 0.5) is 0 Å². The Morgan fingerprint density at radius 2 is 2.05 bits per heavy atom. The number of nitrogens with one attached hydrogen (secondary N) is 1. The second kappa shape index (κ2) is 6.23. The SMILES string of the molecule is CC(C)N1CCCC(CNC(=O)C2(N)CCCC2)C1. The Bertz CT molecular complexity index is 311. The summed E-state index contributed by atoms with van der Waals surface area (Å²) in [5, 5.41) is 3.10. The van der Waals surface area contributed by atoms with Gasteiger partial charge in [0.2, 0.25) is 5.91 Å². The van der Waals surface area contributed by atoms with Crippen LogP contribution in [0.3, 0.4) is 0 Å². The molecule has 4 heteroatoms. The van der Waals surface area contributed by atoms with E-state index in [0.29, 0.717) is 12.0 Å². The highest BCUT2D eigenvalue weighted by Crippen LogP contribution is 2.27. The Labute approximate surface area is 117 Å². The van der Waals surface area contributed by atoms with Crippen LogP contribution in [0.2, 0.25) is 0 Å². The molecule has 0 aromatic carbocycles. The van der Waals surface area contributed by atoms with Crippen LogP contribution in [0, 0.1) is 5.92 Å². The lowest BCUT2D eigenvalue weighted by Crippen LogP contribution is -2.53. The molecule has 2 aliphatic rings. The van der Waals surface area contributed by atoms with E-state index in [1.807, 2.05) is 0 Å². The molecule has 1 unspecified atom stereocenters. The van der Waals surface area contributed by atoms with Crippen LogP contribution < -0.4 is 11.1 Å². The van der Waals surface area contributed by atoms with Crippen molar-refractivity contribution in [3.63, 3.8) is 0 Å². The molecule has 2 fully saturated rings. The molecule has 1 saturated carbocycles. The van der Waals surface area contributed by atoms with Gasteiger partial charge in [0.1, 0.15) is 0 Å².